The molecule has 20 bridgehead atoms. The molecule has 22 saturated carbocycles. The van der Waals surface area contributed by atoms with Crippen molar-refractivity contribution < 1.29 is 116 Å². The summed E-state index contributed by atoms with van der Waals surface area (Å²) >= 11 is 0. The zero-order chi connectivity index (χ0) is 94.3. The van der Waals surface area contributed by atoms with Crippen molar-refractivity contribution in [3.63, 3.8) is 0 Å². The van der Waals surface area contributed by atoms with Crippen LogP contribution in [0.4, 0.5) is 0 Å². The summed E-state index contributed by atoms with van der Waals surface area (Å²) in [4.78, 5) is 152. The van der Waals surface area contributed by atoms with E-state index in [2.05, 4.69) is 47.8 Å². The minimum absolute atomic E-state index is 0. The third kappa shape index (κ3) is 29.5. The number of amides is 2. The molecule has 22 aliphatic rings. The third-order valence-corrected chi connectivity index (χ3v) is 37.5. The fourth-order valence-electron chi connectivity index (χ4n) is 29.5. The van der Waals surface area contributed by atoms with Crippen molar-refractivity contribution in [3.05, 3.63) is 0 Å². The highest BCUT2D eigenvalue weighted by Gasteiger charge is 2.65. The second kappa shape index (κ2) is 54.5. The van der Waals surface area contributed by atoms with Gasteiger partial charge in [-0.1, -0.05) is 199 Å². The first-order valence-corrected chi connectivity index (χ1v) is 49.5. The summed E-state index contributed by atoms with van der Waals surface area (Å²) in [6, 6.07) is 0.251. The van der Waals surface area contributed by atoms with Crippen LogP contribution in [0, 0.1) is 194 Å². The van der Waals surface area contributed by atoms with Crippen LogP contribution in [0.25, 0.3) is 0 Å². The van der Waals surface area contributed by atoms with Gasteiger partial charge in [0.1, 0.15) is 16.8 Å². The Morgan fingerprint density at radius 2 is 0.607 bits per heavy atom. The van der Waals surface area contributed by atoms with Gasteiger partial charge in [0.15, 0.2) is 0 Å². The predicted molar refractivity (Wildman–Crippen MR) is 556 cm³/mol. The van der Waals surface area contributed by atoms with Gasteiger partial charge in [0.2, 0.25) is 11.8 Å². The molecule has 818 valence electrons. The first kappa shape index (κ1) is 135. The molecule has 22 fully saturated rings. The molecular formula is C114H208N2O24. The topological polar surface area (TPSA) is 391 Å². The number of hydrogen-bond acceptors (Lipinski definition) is 20. The Balaban J connectivity index is 0. The molecule has 0 aliphatic heterocycles. The molecule has 0 aromatic rings. The van der Waals surface area contributed by atoms with E-state index < -0.39 is 106 Å². The van der Waals surface area contributed by atoms with Gasteiger partial charge in [-0.25, -0.2) is 0 Å². The van der Waals surface area contributed by atoms with Gasteiger partial charge in [-0.05, 0) is 311 Å². The standard InChI is InChI=1S/C17H27NO3.C17H29NO3.C17H24O6.C17H26O4.C16H24O4.C10H16.C8H14O4.12CH4/c1-10(11(2)16(20)21-3)15(19)18-17-7-12-4-13(8-17)6-14(5-12)9-17;1-9(10(2)16(20)21-6)15(19)18-14-8-12-7-13(11(14)3)17(12,4)5;1-9(13(18)19)10(2)14(20)23-17-6-11-3-12(7-17)5-16(4-11,8-17)15(21)22;1-9(15(18)19)10(2)16(20)21-17(3)13-5-11-4-12(7-13)8-14(17)6-11;1-9(14(17)18)10(2)15(19)20-16-6-11-3-12(7-16)5-13(4-11)8-16;1-2-9-7-4-5-8(6-7)10(9)3-1;1-5(7(9)11-3)6(2)8(10)12-4;;;;;;;;;;;;/h10-14H,4-9H2,1-3H3,(H,18,19);9-14H,7-8H2,1-6H3,(H,18,19);9-12H,3-8H2,1-2H3,(H,18,19)(H,21,22);9-14H,4-8H2,1-3H3,(H,18,19);9-13H,3-8H2,1-2H3,(H,17,18);7-10H,1-6H2;5-6H,1-4H3;12*1H4/t;9?,10?,11?,12-,13+,14+;;;;;;;;;;;;;;;;;/m.0................./s1. The number of rotatable bonds is 24. The molecule has 0 aromatic carbocycles. The molecule has 6 N–H and O–H groups in total. The summed E-state index contributed by atoms with van der Waals surface area (Å²) in [7, 11) is 5.33. The number of carboxylic acids is 4. The highest BCUT2D eigenvalue weighted by molar-refractivity contribution is 5.87. The monoisotopic (exact) mass is 1990 g/mol. The van der Waals surface area contributed by atoms with Gasteiger partial charge >= 0.3 is 65.7 Å². The molecule has 26 heteroatoms. The lowest BCUT2D eigenvalue weighted by Gasteiger charge is -2.62. The normalized spacial score (nSPS) is 35.8. The minimum Gasteiger partial charge on any atom is -0.481 e. The molecule has 22 atom stereocenters. The summed E-state index contributed by atoms with van der Waals surface area (Å²) in [5.74, 6) is 1.82. The van der Waals surface area contributed by atoms with Crippen LogP contribution in [0.1, 0.15) is 399 Å². The highest BCUT2D eigenvalue weighted by atomic mass is 16.6. The summed E-state index contributed by atoms with van der Waals surface area (Å²) in [6.45, 7) is 29.0. The second-order valence-electron chi connectivity index (χ2n) is 46.0. The van der Waals surface area contributed by atoms with Crippen molar-refractivity contribution in [2.45, 2.75) is 427 Å². The Hall–Kier alpha value is -6.89. The molecule has 26 nitrogen and oxygen atoms in total. The van der Waals surface area contributed by atoms with E-state index in [1.807, 2.05) is 6.92 Å². The average Bonchev–Trinajstić information content (AvgIpc) is 0.798. The van der Waals surface area contributed by atoms with E-state index in [1.165, 1.54) is 136 Å². The van der Waals surface area contributed by atoms with E-state index in [0.29, 0.717) is 60.2 Å². The quantitative estimate of drug-likeness (QED) is 0.0386. The van der Waals surface area contributed by atoms with E-state index in [9.17, 15) is 67.4 Å². The zero-order valence-corrected chi connectivity index (χ0v) is 80.8. The van der Waals surface area contributed by atoms with Gasteiger partial charge in [0.05, 0.1) is 93.0 Å². The van der Waals surface area contributed by atoms with E-state index in [4.69, 9.17) is 39.0 Å². The van der Waals surface area contributed by atoms with E-state index >= 15 is 0 Å². The Kier molecular flexibility index (Phi) is 52.6. The molecule has 0 aromatic heterocycles. The first-order valence-electron chi connectivity index (χ1n) is 49.5. The zero-order valence-electron chi connectivity index (χ0n) is 80.8. The summed E-state index contributed by atoms with van der Waals surface area (Å²) in [6.07, 6.45) is 36.6. The Morgan fingerprint density at radius 1 is 0.307 bits per heavy atom. The Bertz CT molecular complexity index is 3870. The molecule has 140 heavy (non-hydrogen) atoms. The number of carboxylic acid groups (broad SMARTS) is 4. The number of nitrogens with one attached hydrogen (secondary N) is 2. The summed E-state index contributed by atoms with van der Waals surface area (Å²) in [5.41, 5.74) is -1.64. The van der Waals surface area contributed by atoms with Crippen LogP contribution in [0.3, 0.4) is 0 Å². The second-order valence-corrected chi connectivity index (χ2v) is 46.0. The Labute approximate surface area is 849 Å². The van der Waals surface area contributed by atoms with Gasteiger partial charge in [-0.2, -0.15) is 0 Å². The van der Waals surface area contributed by atoms with E-state index in [0.717, 1.165) is 117 Å². The lowest BCUT2D eigenvalue weighted by Crippen LogP contribution is -2.61. The highest BCUT2D eigenvalue weighted by Crippen LogP contribution is 2.66. The number of aliphatic carboxylic acids is 4. The molecule has 0 spiro atoms. The number of methoxy groups -OCH3 is 4. The van der Waals surface area contributed by atoms with E-state index in [1.54, 1.807) is 108 Å². The average molecular weight is 1990 g/mol. The van der Waals surface area contributed by atoms with Gasteiger partial charge in [-0.15, -0.1) is 0 Å². The molecule has 19 unspecified atom stereocenters. The van der Waals surface area contributed by atoms with E-state index in [-0.39, 0.29) is 165 Å². The fraction of sp³-hybridized carbons (Fsp3) is 0.886. The number of hydrogen-bond donors (Lipinski definition) is 6. The number of esters is 7. The van der Waals surface area contributed by atoms with Crippen LogP contribution < -0.4 is 10.6 Å². The van der Waals surface area contributed by atoms with Crippen molar-refractivity contribution in [1.82, 2.24) is 10.6 Å². The van der Waals surface area contributed by atoms with Crippen LogP contribution in [-0.2, 0) is 95.5 Å². The molecule has 0 radical (unpaired) electrons. The predicted octanol–water partition coefficient (Wildman–Crippen LogP) is 24.5. The lowest BCUT2D eigenvalue weighted by atomic mass is 9.45. The lowest BCUT2D eigenvalue weighted by molar-refractivity contribution is -0.213. The van der Waals surface area contributed by atoms with Crippen molar-refractivity contribution >= 4 is 77.5 Å². The van der Waals surface area contributed by atoms with Crippen molar-refractivity contribution in [2.75, 3.05) is 28.4 Å². The third-order valence-electron chi connectivity index (χ3n) is 37.5. The van der Waals surface area contributed by atoms with Crippen LogP contribution in [0.15, 0.2) is 0 Å². The molecule has 22 aliphatic carbocycles. The summed E-state index contributed by atoms with van der Waals surface area (Å²) < 4.78 is 36.1. The van der Waals surface area contributed by atoms with Crippen molar-refractivity contribution in [1.29, 1.82) is 0 Å². The molecule has 22 rings (SSSR count). The molecule has 0 heterocycles. The van der Waals surface area contributed by atoms with Crippen molar-refractivity contribution in [3.8, 4) is 0 Å². The number of fused-ring (bicyclic) bond motifs is 7. The van der Waals surface area contributed by atoms with Gasteiger partial charge in [0, 0.05) is 29.8 Å². The molecule has 0 saturated heterocycles. The molecular weight excluding hydrogens is 1780 g/mol. The fourth-order valence-corrected chi connectivity index (χ4v) is 29.5. The maximum atomic E-state index is 12.6. The van der Waals surface area contributed by atoms with Crippen LogP contribution in [0.2, 0.25) is 0 Å². The largest absolute Gasteiger partial charge is 0.481 e. The van der Waals surface area contributed by atoms with Crippen LogP contribution in [0.5, 0.6) is 0 Å². The number of carbonyl (C=O) groups excluding carboxylic acids is 9. The van der Waals surface area contributed by atoms with Gasteiger partial charge < -0.3 is 64.2 Å². The van der Waals surface area contributed by atoms with Crippen LogP contribution >= 0.6 is 0 Å². The maximum Gasteiger partial charge on any atom is 0.310 e. The van der Waals surface area contributed by atoms with Gasteiger partial charge in [0.25, 0.3) is 0 Å². The molecule has 2 amide bonds. The SMILES string of the molecule is C.C.C.C.C.C.C.C.C.C.C.C.C1CC2C3CCC(C3)C2C1.CC(C(=O)O)C(C)C(=O)OC1(C)C2CC3CC(C2)CC1C3.CC(C(=O)O)C(C)C(=O)OC12CC3CC(C1)CC(C(=O)O)(C3)C2.CC(C(=O)O)C(C)C(=O)OC12CC3CC(CC(C3)C1)C2.COC(=O)C(C)C(C)C(=O)NC12CC3CC(CC(C3)C1)C2.COC(=O)C(C)C(C)C(=O)N[C@@H]1C[C@@H]2C[C@H](C1C)C2(C)C.COC(=O)C(C)C(C)C(=O)OC. The Morgan fingerprint density at radius 3 is 0.936 bits per heavy atom. The number of ether oxygens (including phenoxy) is 7. The minimum atomic E-state index is -1.03. The smallest absolute Gasteiger partial charge is 0.310 e. The number of carbonyl (C=O) groups is 13. The van der Waals surface area contributed by atoms with Gasteiger partial charge in [-0.3, -0.25) is 62.3 Å². The van der Waals surface area contributed by atoms with Crippen molar-refractivity contribution in [2.24, 2.45) is 194 Å². The maximum absolute atomic E-state index is 12.6. The first-order chi connectivity index (χ1) is 60.0. The summed E-state index contributed by atoms with van der Waals surface area (Å²) in [5, 5.41) is 43.3. The van der Waals surface area contributed by atoms with Crippen LogP contribution in [-0.4, -0.2) is 155 Å².